The van der Waals surface area contributed by atoms with Gasteiger partial charge < -0.3 is 15.3 Å². The lowest BCUT2D eigenvalue weighted by atomic mass is 10.0. The van der Waals surface area contributed by atoms with E-state index in [1.165, 1.54) is 12.4 Å². The number of aromatic nitrogens is 2. The number of halogens is 2. The van der Waals surface area contributed by atoms with Crippen LogP contribution in [-0.2, 0) is 0 Å². The number of rotatable bonds is 5. The van der Waals surface area contributed by atoms with E-state index in [2.05, 4.69) is 20.2 Å². The van der Waals surface area contributed by atoms with E-state index in [0.717, 1.165) is 37.2 Å². The summed E-state index contributed by atoms with van der Waals surface area (Å²) in [5.41, 5.74) is 0.873. The number of benzene rings is 1. The van der Waals surface area contributed by atoms with Crippen molar-refractivity contribution in [1.82, 2.24) is 9.97 Å². The standard InChI is InChI=1S/C18H22ClFN4O/c1-12(13-5-6-16(20)15(19)8-13)23-17-9-18(22-11-21-17)24-7-3-2-4-14(24)10-25/h5-6,8-9,11-12,14,25H,2-4,7,10H2,1H3,(H,21,22,23). The molecule has 0 aliphatic carbocycles. The molecule has 134 valence electrons. The number of hydrogen-bond donors (Lipinski definition) is 2. The van der Waals surface area contributed by atoms with Crippen molar-refractivity contribution in [3.8, 4) is 0 Å². The van der Waals surface area contributed by atoms with Crippen molar-refractivity contribution in [3.05, 3.63) is 47.0 Å². The Labute approximate surface area is 151 Å². The largest absolute Gasteiger partial charge is 0.394 e. The number of nitrogens with one attached hydrogen (secondary N) is 1. The molecule has 5 nitrogen and oxygen atoms in total. The minimum Gasteiger partial charge on any atom is -0.394 e. The molecule has 0 bridgehead atoms. The third kappa shape index (κ3) is 4.19. The van der Waals surface area contributed by atoms with Crippen molar-refractivity contribution in [2.45, 2.75) is 38.3 Å². The van der Waals surface area contributed by atoms with Crippen LogP contribution in [0.1, 0.15) is 37.8 Å². The van der Waals surface area contributed by atoms with Crippen LogP contribution in [0.4, 0.5) is 16.0 Å². The molecule has 2 aromatic rings. The van der Waals surface area contributed by atoms with E-state index >= 15 is 0 Å². The van der Waals surface area contributed by atoms with Gasteiger partial charge in [-0.3, -0.25) is 0 Å². The van der Waals surface area contributed by atoms with Crippen LogP contribution in [0.3, 0.4) is 0 Å². The summed E-state index contributed by atoms with van der Waals surface area (Å²) in [6.07, 6.45) is 4.70. The minimum absolute atomic E-state index is 0.0872. The first-order valence-corrected chi connectivity index (χ1v) is 8.87. The van der Waals surface area contributed by atoms with Crippen LogP contribution < -0.4 is 10.2 Å². The highest BCUT2D eigenvalue weighted by Crippen LogP contribution is 2.26. The monoisotopic (exact) mass is 364 g/mol. The van der Waals surface area contributed by atoms with E-state index < -0.39 is 5.82 Å². The summed E-state index contributed by atoms with van der Waals surface area (Å²) in [7, 11) is 0. The molecule has 0 saturated carbocycles. The summed E-state index contributed by atoms with van der Waals surface area (Å²) in [4.78, 5) is 10.8. The number of nitrogens with zero attached hydrogens (tertiary/aromatic N) is 3. The molecular formula is C18H22ClFN4O. The highest BCUT2D eigenvalue weighted by Gasteiger charge is 2.23. The van der Waals surface area contributed by atoms with Crippen LogP contribution in [-0.4, -0.2) is 34.3 Å². The van der Waals surface area contributed by atoms with Crippen LogP contribution in [0, 0.1) is 5.82 Å². The van der Waals surface area contributed by atoms with Crippen LogP contribution in [0.25, 0.3) is 0 Å². The average molecular weight is 365 g/mol. The van der Waals surface area contributed by atoms with E-state index in [1.807, 2.05) is 13.0 Å². The quantitative estimate of drug-likeness (QED) is 0.845. The second kappa shape index (κ2) is 7.97. The van der Waals surface area contributed by atoms with Crippen LogP contribution >= 0.6 is 11.6 Å². The van der Waals surface area contributed by atoms with Crippen molar-refractivity contribution in [1.29, 1.82) is 0 Å². The first-order chi connectivity index (χ1) is 12.1. The molecule has 1 fully saturated rings. The SMILES string of the molecule is CC(Nc1cc(N2CCCCC2CO)ncn1)c1ccc(F)c(Cl)c1. The zero-order valence-electron chi connectivity index (χ0n) is 14.1. The number of hydrogen-bond acceptors (Lipinski definition) is 5. The molecule has 1 saturated heterocycles. The van der Waals surface area contributed by atoms with Crippen molar-refractivity contribution >= 4 is 23.2 Å². The molecule has 0 amide bonds. The Bertz CT molecular complexity index is 730. The molecule has 0 spiro atoms. The van der Waals surface area contributed by atoms with Crippen molar-refractivity contribution in [3.63, 3.8) is 0 Å². The second-order valence-corrected chi connectivity index (χ2v) is 6.73. The van der Waals surface area contributed by atoms with Gasteiger partial charge in [0.2, 0.25) is 0 Å². The van der Waals surface area contributed by atoms with Crippen molar-refractivity contribution in [2.75, 3.05) is 23.4 Å². The van der Waals surface area contributed by atoms with E-state index in [9.17, 15) is 9.50 Å². The maximum atomic E-state index is 13.3. The van der Waals surface area contributed by atoms with Gasteiger partial charge in [0.1, 0.15) is 23.8 Å². The van der Waals surface area contributed by atoms with Gasteiger partial charge in [0.15, 0.2) is 0 Å². The Morgan fingerprint density at radius 2 is 2.20 bits per heavy atom. The van der Waals surface area contributed by atoms with Gasteiger partial charge in [0, 0.05) is 18.7 Å². The van der Waals surface area contributed by atoms with Gasteiger partial charge in [-0.05, 0) is 43.9 Å². The summed E-state index contributed by atoms with van der Waals surface area (Å²) in [6, 6.07) is 6.58. The van der Waals surface area contributed by atoms with Crippen LogP contribution in [0.5, 0.6) is 0 Å². The smallest absolute Gasteiger partial charge is 0.141 e. The van der Waals surface area contributed by atoms with E-state index in [4.69, 9.17) is 11.6 Å². The summed E-state index contributed by atoms with van der Waals surface area (Å²) in [6.45, 7) is 2.96. The first kappa shape index (κ1) is 17.9. The molecule has 3 rings (SSSR count). The Kier molecular flexibility index (Phi) is 5.71. The molecule has 2 heterocycles. The molecule has 1 aromatic carbocycles. The molecule has 2 N–H and O–H groups in total. The fraction of sp³-hybridized carbons (Fsp3) is 0.444. The molecule has 2 atom stereocenters. The molecular weight excluding hydrogens is 343 g/mol. The van der Waals surface area contributed by atoms with E-state index in [1.54, 1.807) is 12.1 Å². The van der Waals surface area contributed by atoms with Gasteiger partial charge in [-0.2, -0.15) is 0 Å². The molecule has 1 aliphatic heterocycles. The average Bonchev–Trinajstić information content (AvgIpc) is 2.64. The maximum absolute atomic E-state index is 13.3. The maximum Gasteiger partial charge on any atom is 0.141 e. The van der Waals surface area contributed by atoms with Gasteiger partial charge in [0.25, 0.3) is 0 Å². The lowest BCUT2D eigenvalue weighted by molar-refractivity contribution is 0.239. The van der Waals surface area contributed by atoms with Gasteiger partial charge in [-0.1, -0.05) is 17.7 Å². The Balaban J connectivity index is 1.75. The lowest BCUT2D eigenvalue weighted by Gasteiger charge is -2.35. The molecule has 2 unspecified atom stereocenters. The summed E-state index contributed by atoms with van der Waals surface area (Å²) >= 11 is 5.86. The first-order valence-electron chi connectivity index (χ1n) is 8.49. The molecule has 25 heavy (non-hydrogen) atoms. The molecule has 0 radical (unpaired) electrons. The summed E-state index contributed by atoms with van der Waals surface area (Å²) < 4.78 is 13.3. The third-order valence-corrected chi connectivity index (χ3v) is 4.88. The Morgan fingerprint density at radius 1 is 1.36 bits per heavy atom. The van der Waals surface area contributed by atoms with Gasteiger partial charge in [-0.15, -0.1) is 0 Å². The molecule has 1 aliphatic rings. The normalized spacial score (nSPS) is 18.9. The van der Waals surface area contributed by atoms with E-state index in [0.29, 0.717) is 5.82 Å². The van der Waals surface area contributed by atoms with Crippen molar-refractivity contribution < 1.29 is 9.50 Å². The fourth-order valence-electron chi connectivity index (χ4n) is 3.16. The Morgan fingerprint density at radius 3 is 2.96 bits per heavy atom. The van der Waals surface area contributed by atoms with E-state index in [-0.39, 0.29) is 23.7 Å². The van der Waals surface area contributed by atoms with Gasteiger partial charge in [0.05, 0.1) is 17.7 Å². The lowest BCUT2D eigenvalue weighted by Crippen LogP contribution is -2.42. The molecule has 1 aromatic heterocycles. The van der Waals surface area contributed by atoms with Crippen LogP contribution in [0.2, 0.25) is 5.02 Å². The zero-order chi connectivity index (χ0) is 17.8. The number of aliphatic hydroxyl groups is 1. The Hall–Kier alpha value is -1.92. The number of aliphatic hydroxyl groups excluding tert-OH is 1. The van der Waals surface area contributed by atoms with Gasteiger partial charge in [-0.25, -0.2) is 14.4 Å². The number of piperidine rings is 1. The minimum atomic E-state index is -0.429. The van der Waals surface area contributed by atoms with Gasteiger partial charge >= 0.3 is 0 Å². The predicted molar refractivity (Wildman–Crippen MR) is 97.6 cm³/mol. The highest BCUT2D eigenvalue weighted by atomic mass is 35.5. The van der Waals surface area contributed by atoms with Crippen molar-refractivity contribution in [2.24, 2.45) is 0 Å². The predicted octanol–water partition coefficient (Wildman–Crippen LogP) is 3.79. The third-order valence-electron chi connectivity index (χ3n) is 4.59. The summed E-state index contributed by atoms with van der Waals surface area (Å²) in [5.74, 6) is 1.06. The fourth-order valence-corrected chi connectivity index (χ4v) is 3.35. The second-order valence-electron chi connectivity index (χ2n) is 6.33. The highest BCUT2D eigenvalue weighted by molar-refractivity contribution is 6.30. The summed E-state index contributed by atoms with van der Waals surface area (Å²) in [5, 5.41) is 13.0. The topological polar surface area (TPSA) is 61.3 Å². The molecule has 7 heteroatoms. The van der Waals surface area contributed by atoms with Crippen LogP contribution in [0.15, 0.2) is 30.6 Å². The zero-order valence-corrected chi connectivity index (χ0v) is 14.9. The number of anilines is 2.